The molecule has 0 radical (unpaired) electrons. The number of amides is 1. The Hall–Kier alpha value is -2.67. The molecular weight excluding hydrogens is 334 g/mol. The van der Waals surface area contributed by atoms with E-state index in [2.05, 4.69) is 20.4 Å². The predicted molar refractivity (Wildman–Crippen MR) is 97.1 cm³/mol. The standard InChI is InChI=1S/C18H19N5OS/c1-13(17-20-12-21-23(17)2)22-18(24)15-8-6-14(7-9-15)11-25-16-5-3-4-10-19-16/h3-10,12-13H,11H2,1-2H3,(H,22,24)/t13-/m0/s1. The van der Waals surface area contributed by atoms with Gasteiger partial charge in [-0.05, 0) is 36.8 Å². The normalized spacial score (nSPS) is 11.9. The molecule has 7 heteroatoms. The molecule has 0 aliphatic carbocycles. The van der Waals surface area contributed by atoms with Gasteiger partial charge in [0.2, 0.25) is 0 Å². The number of thioether (sulfide) groups is 1. The third-order valence-electron chi connectivity index (χ3n) is 3.72. The van der Waals surface area contributed by atoms with Crippen molar-refractivity contribution < 1.29 is 4.79 Å². The highest BCUT2D eigenvalue weighted by atomic mass is 32.2. The van der Waals surface area contributed by atoms with Crippen molar-refractivity contribution in [3.8, 4) is 0 Å². The summed E-state index contributed by atoms with van der Waals surface area (Å²) in [5.41, 5.74) is 1.77. The van der Waals surface area contributed by atoms with Crippen molar-refractivity contribution in [2.75, 3.05) is 0 Å². The smallest absolute Gasteiger partial charge is 0.251 e. The highest BCUT2D eigenvalue weighted by Gasteiger charge is 2.15. The Morgan fingerprint density at radius 1 is 1.20 bits per heavy atom. The molecule has 0 fully saturated rings. The van der Waals surface area contributed by atoms with E-state index in [0.29, 0.717) is 5.56 Å². The fourth-order valence-corrected chi connectivity index (χ4v) is 3.20. The molecule has 1 aromatic carbocycles. The van der Waals surface area contributed by atoms with Crippen LogP contribution in [0.3, 0.4) is 0 Å². The minimum Gasteiger partial charge on any atom is -0.342 e. The lowest BCUT2D eigenvalue weighted by Crippen LogP contribution is -2.28. The predicted octanol–water partition coefficient (Wildman–Crippen LogP) is 2.99. The van der Waals surface area contributed by atoms with Crippen LogP contribution < -0.4 is 5.32 Å². The molecule has 1 amide bonds. The van der Waals surface area contributed by atoms with Crippen LogP contribution in [0.5, 0.6) is 0 Å². The van der Waals surface area contributed by atoms with E-state index >= 15 is 0 Å². The van der Waals surface area contributed by atoms with Gasteiger partial charge in [0, 0.05) is 24.6 Å². The van der Waals surface area contributed by atoms with Crippen molar-refractivity contribution in [3.05, 3.63) is 71.9 Å². The highest BCUT2D eigenvalue weighted by Crippen LogP contribution is 2.20. The first-order valence-corrected chi connectivity index (χ1v) is 8.89. The van der Waals surface area contributed by atoms with Gasteiger partial charge in [0.25, 0.3) is 5.91 Å². The van der Waals surface area contributed by atoms with Crippen molar-refractivity contribution in [2.45, 2.75) is 23.7 Å². The van der Waals surface area contributed by atoms with Gasteiger partial charge in [0.05, 0.1) is 11.1 Å². The van der Waals surface area contributed by atoms with E-state index in [1.54, 1.807) is 29.7 Å². The molecule has 3 aromatic rings. The number of benzene rings is 1. The lowest BCUT2D eigenvalue weighted by Gasteiger charge is -2.13. The van der Waals surface area contributed by atoms with E-state index in [-0.39, 0.29) is 11.9 Å². The fourth-order valence-electron chi connectivity index (χ4n) is 2.38. The van der Waals surface area contributed by atoms with E-state index < -0.39 is 0 Å². The Bertz CT molecular complexity index is 832. The van der Waals surface area contributed by atoms with E-state index in [1.165, 1.54) is 6.33 Å². The van der Waals surface area contributed by atoms with Gasteiger partial charge in [0.15, 0.2) is 0 Å². The summed E-state index contributed by atoms with van der Waals surface area (Å²) in [4.78, 5) is 20.8. The minimum absolute atomic E-state index is 0.126. The summed E-state index contributed by atoms with van der Waals surface area (Å²) in [5, 5.41) is 7.95. The Kier molecular flexibility index (Phi) is 5.45. The summed E-state index contributed by atoms with van der Waals surface area (Å²) >= 11 is 1.67. The largest absolute Gasteiger partial charge is 0.342 e. The molecule has 2 heterocycles. The molecule has 0 spiro atoms. The molecule has 0 saturated heterocycles. The molecule has 2 aromatic heterocycles. The monoisotopic (exact) mass is 353 g/mol. The molecular formula is C18H19N5OS. The summed E-state index contributed by atoms with van der Waals surface area (Å²) in [7, 11) is 1.80. The van der Waals surface area contributed by atoms with Gasteiger partial charge in [-0.25, -0.2) is 9.97 Å². The summed E-state index contributed by atoms with van der Waals surface area (Å²) in [6.45, 7) is 1.89. The second-order valence-electron chi connectivity index (χ2n) is 5.59. The SMILES string of the molecule is C[C@H](NC(=O)c1ccc(CSc2ccccn2)cc1)c1ncnn1C. The highest BCUT2D eigenvalue weighted by molar-refractivity contribution is 7.98. The maximum atomic E-state index is 12.4. The first-order chi connectivity index (χ1) is 12.1. The van der Waals surface area contributed by atoms with Gasteiger partial charge in [-0.15, -0.1) is 11.8 Å². The lowest BCUT2D eigenvalue weighted by molar-refractivity contribution is 0.0937. The number of nitrogens with one attached hydrogen (secondary N) is 1. The number of aromatic nitrogens is 4. The van der Waals surface area contributed by atoms with Gasteiger partial charge < -0.3 is 5.32 Å². The van der Waals surface area contributed by atoms with E-state index in [4.69, 9.17) is 0 Å². The van der Waals surface area contributed by atoms with Gasteiger partial charge >= 0.3 is 0 Å². The minimum atomic E-state index is -0.209. The molecule has 0 aliphatic rings. The molecule has 128 valence electrons. The number of rotatable bonds is 6. The van der Waals surface area contributed by atoms with Crippen molar-refractivity contribution in [3.63, 3.8) is 0 Å². The van der Waals surface area contributed by atoms with E-state index in [9.17, 15) is 4.79 Å². The Balaban J connectivity index is 1.58. The van der Waals surface area contributed by atoms with Crippen LogP contribution in [-0.4, -0.2) is 25.7 Å². The molecule has 0 saturated carbocycles. The maximum Gasteiger partial charge on any atom is 0.251 e. The molecule has 0 unspecified atom stereocenters. The zero-order valence-electron chi connectivity index (χ0n) is 14.1. The topological polar surface area (TPSA) is 72.7 Å². The molecule has 1 N–H and O–H groups in total. The third kappa shape index (κ3) is 4.45. The zero-order valence-corrected chi connectivity index (χ0v) is 14.9. The van der Waals surface area contributed by atoms with Gasteiger partial charge in [-0.1, -0.05) is 18.2 Å². The summed E-state index contributed by atoms with van der Waals surface area (Å²) in [5.74, 6) is 1.41. The quantitative estimate of drug-likeness (QED) is 0.690. The van der Waals surface area contributed by atoms with E-state index in [0.717, 1.165) is 22.2 Å². The van der Waals surface area contributed by atoms with Crippen molar-refractivity contribution in [2.24, 2.45) is 7.05 Å². The summed E-state index contributed by atoms with van der Waals surface area (Å²) in [6, 6.07) is 13.3. The number of pyridine rings is 1. The Morgan fingerprint density at radius 2 is 2.00 bits per heavy atom. The number of hydrogen-bond acceptors (Lipinski definition) is 5. The summed E-state index contributed by atoms with van der Waals surface area (Å²) in [6.07, 6.45) is 3.26. The van der Waals surface area contributed by atoms with Gasteiger partial charge in [-0.3, -0.25) is 9.48 Å². The first kappa shape index (κ1) is 17.2. The van der Waals surface area contributed by atoms with Crippen LogP contribution in [0.15, 0.2) is 60.0 Å². The second kappa shape index (κ2) is 7.94. The average Bonchev–Trinajstić information content (AvgIpc) is 3.07. The van der Waals surface area contributed by atoms with Crippen LogP contribution in [0.25, 0.3) is 0 Å². The number of aryl methyl sites for hydroxylation is 1. The van der Waals surface area contributed by atoms with Crippen LogP contribution in [0.4, 0.5) is 0 Å². The van der Waals surface area contributed by atoms with Crippen LogP contribution >= 0.6 is 11.8 Å². The molecule has 0 aliphatic heterocycles. The molecule has 3 rings (SSSR count). The number of nitrogens with zero attached hydrogens (tertiary/aromatic N) is 4. The fraction of sp³-hybridized carbons (Fsp3) is 0.222. The third-order valence-corrected chi connectivity index (χ3v) is 4.74. The average molecular weight is 353 g/mol. The molecule has 1 atom stereocenters. The number of carbonyl (C=O) groups excluding carboxylic acids is 1. The maximum absolute atomic E-state index is 12.4. The first-order valence-electron chi connectivity index (χ1n) is 7.91. The molecule has 25 heavy (non-hydrogen) atoms. The number of carbonyl (C=O) groups is 1. The van der Waals surface area contributed by atoms with E-state index in [1.807, 2.05) is 49.4 Å². The van der Waals surface area contributed by atoms with Crippen LogP contribution in [-0.2, 0) is 12.8 Å². The Labute approximate surface area is 150 Å². The lowest BCUT2D eigenvalue weighted by atomic mass is 10.1. The van der Waals surface area contributed by atoms with Gasteiger partial charge in [0.1, 0.15) is 12.2 Å². The molecule has 6 nitrogen and oxygen atoms in total. The Morgan fingerprint density at radius 3 is 2.64 bits per heavy atom. The number of hydrogen-bond donors (Lipinski definition) is 1. The van der Waals surface area contributed by atoms with Gasteiger partial charge in [-0.2, -0.15) is 5.10 Å². The van der Waals surface area contributed by atoms with Crippen LogP contribution in [0.2, 0.25) is 0 Å². The zero-order chi connectivity index (χ0) is 17.6. The van der Waals surface area contributed by atoms with Crippen LogP contribution in [0.1, 0.15) is 34.7 Å². The van der Waals surface area contributed by atoms with Crippen molar-refractivity contribution >= 4 is 17.7 Å². The second-order valence-corrected chi connectivity index (χ2v) is 6.59. The van der Waals surface area contributed by atoms with Crippen LogP contribution in [0, 0.1) is 0 Å². The molecule has 0 bridgehead atoms. The van der Waals surface area contributed by atoms with Crippen molar-refractivity contribution in [1.82, 2.24) is 25.1 Å². The summed E-state index contributed by atoms with van der Waals surface area (Å²) < 4.78 is 1.66. The van der Waals surface area contributed by atoms with Crippen molar-refractivity contribution in [1.29, 1.82) is 0 Å².